The van der Waals surface area contributed by atoms with Crippen LogP contribution in [-0.2, 0) is 12.8 Å². The molecular weight excluding hydrogens is 320 g/mol. The normalized spacial score (nSPS) is 10.5. The summed E-state index contributed by atoms with van der Waals surface area (Å²) >= 11 is 1.67. The highest BCUT2D eigenvalue weighted by Gasteiger charge is 2.04. The van der Waals surface area contributed by atoms with Crippen LogP contribution in [0.15, 0.2) is 54.2 Å². The molecule has 0 aliphatic heterocycles. The number of amides is 2. The average Bonchev–Trinajstić information content (AvgIpc) is 3.27. The largest absolute Gasteiger partial charge is 0.337 e. The van der Waals surface area contributed by atoms with Crippen molar-refractivity contribution in [3.05, 3.63) is 64.9 Å². The molecule has 0 spiro atoms. The Balaban J connectivity index is 1.50. The maximum absolute atomic E-state index is 12.0. The van der Waals surface area contributed by atoms with Crippen molar-refractivity contribution in [2.75, 3.05) is 11.9 Å². The van der Waals surface area contributed by atoms with Gasteiger partial charge in [0.2, 0.25) is 0 Å². The fourth-order valence-corrected chi connectivity index (χ4v) is 3.14. The van der Waals surface area contributed by atoms with E-state index in [2.05, 4.69) is 27.9 Å². The molecule has 3 rings (SSSR count). The van der Waals surface area contributed by atoms with Crippen molar-refractivity contribution in [2.45, 2.75) is 19.8 Å². The molecule has 0 unspecified atom stereocenters. The molecule has 0 atom stereocenters. The topological polar surface area (TPSA) is 59.0 Å². The van der Waals surface area contributed by atoms with Crippen LogP contribution in [0.5, 0.6) is 0 Å². The van der Waals surface area contributed by atoms with Crippen LogP contribution in [0.3, 0.4) is 0 Å². The number of carbonyl (C=O) groups is 1. The summed E-state index contributed by atoms with van der Waals surface area (Å²) in [4.78, 5) is 16.5. The van der Waals surface area contributed by atoms with Crippen LogP contribution in [0.25, 0.3) is 5.69 Å². The SMILES string of the molecule is CCc1nc(CCNC(=O)Nc2cccc(-n3cccc3)c2)cs1. The molecule has 0 aliphatic rings. The monoisotopic (exact) mass is 340 g/mol. The second kappa shape index (κ2) is 7.79. The van der Waals surface area contributed by atoms with Crippen LogP contribution in [0.2, 0.25) is 0 Å². The van der Waals surface area contributed by atoms with Crippen molar-refractivity contribution in [1.29, 1.82) is 0 Å². The molecule has 24 heavy (non-hydrogen) atoms. The van der Waals surface area contributed by atoms with Gasteiger partial charge in [0.1, 0.15) is 0 Å². The third kappa shape index (κ3) is 4.23. The van der Waals surface area contributed by atoms with Crippen LogP contribution in [0.4, 0.5) is 10.5 Å². The summed E-state index contributed by atoms with van der Waals surface area (Å²) in [5.74, 6) is 0. The Labute approximate surface area is 145 Å². The van der Waals surface area contributed by atoms with Gasteiger partial charge in [-0.15, -0.1) is 11.3 Å². The summed E-state index contributed by atoms with van der Waals surface area (Å²) in [7, 11) is 0. The molecule has 0 saturated heterocycles. The van der Waals surface area contributed by atoms with Crippen LogP contribution < -0.4 is 10.6 Å². The number of hydrogen-bond acceptors (Lipinski definition) is 3. The van der Waals surface area contributed by atoms with Crippen molar-refractivity contribution in [1.82, 2.24) is 14.9 Å². The molecule has 0 radical (unpaired) electrons. The Morgan fingerprint density at radius 1 is 1.25 bits per heavy atom. The van der Waals surface area contributed by atoms with E-state index in [9.17, 15) is 4.79 Å². The van der Waals surface area contributed by atoms with Gasteiger partial charge in [-0.1, -0.05) is 13.0 Å². The molecule has 6 heteroatoms. The number of thiazole rings is 1. The average molecular weight is 340 g/mol. The molecule has 1 aromatic carbocycles. The van der Waals surface area contributed by atoms with Gasteiger partial charge in [-0.3, -0.25) is 0 Å². The van der Waals surface area contributed by atoms with Gasteiger partial charge in [0.15, 0.2) is 0 Å². The number of aryl methyl sites for hydroxylation is 1. The Hall–Kier alpha value is -2.60. The molecule has 2 heterocycles. The molecule has 0 bridgehead atoms. The summed E-state index contributed by atoms with van der Waals surface area (Å²) in [6.07, 6.45) is 5.64. The van der Waals surface area contributed by atoms with Gasteiger partial charge in [0, 0.05) is 42.1 Å². The van der Waals surface area contributed by atoms with Crippen molar-refractivity contribution < 1.29 is 4.79 Å². The van der Waals surface area contributed by atoms with Gasteiger partial charge >= 0.3 is 6.03 Å². The Morgan fingerprint density at radius 2 is 2.08 bits per heavy atom. The highest BCUT2D eigenvalue weighted by Crippen LogP contribution is 2.15. The number of carbonyl (C=O) groups excluding carboxylic acids is 1. The lowest BCUT2D eigenvalue weighted by molar-refractivity contribution is 0.252. The minimum atomic E-state index is -0.203. The van der Waals surface area contributed by atoms with Gasteiger partial charge in [-0.05, 0) is 36.8 Å². The maximum Gasteiger partial charge on any atom is 0.319 e. The summed E-state index contributed by atoms with van der Waals surface area (Å²) in [5, 5.41) is 8.92. The molecule has 5 nitrogen and oxygen atoms in total. The number of rotatable bonds is 6. The number of anilines is 1. The Kier molecular flexibility index (Phi) is 5.28. The van der Waals surface area contributed by atoms with E-state index in [4.69, 9.17) is 0 Å². The van der Waals surface area contributed by atoms with E-state index < -0.39 is 0 Å². The molecule has 0 fully saturated rings. The molecule has 0 saturated carbocycles. The first-order valence-corrected chi connectivity index (χ1v) is 8.84. The molecule has 2 aromatic heterocycles. The van der Waals surface area contributed by atoms with Crippen LogP contribution >= 0.6 is 11.3 Å². The summed E-state index contributed by atoms with van der Waals surface area (Å²) in [6.45, 7) is 2.66. The van der Waals surface area contributed by atoms with Gasteiger partial charge in [0.25, 0.3) is 0 Å². The summed E-state index contributed by atoms with van der Waals surface area (Å²) in [6, 6.07) is 11.5. The van der Waals surface area contributed by atoms with Crippen LogP contribution in [-0.4, -0.2) is 22.1 Å². The quantitative estimate of drug-likeness (QED) is 0.716. The zero-order chi connectivity index (χ0) is 16.8. The number of urea groups is 1. The fourth-order valence-electron chi connectivity index (χ4n) is 2.36. The number of benzene rings is 1. The highest BCUT2D eigenvalue weighted by atomic mass is 32.1. The van der Waals surface area contributed by atoms with E-state index in [1.165, 1.54) is 0 Å². The van der Waals surface area contributed by atoms with Gasteiger partial charge < -0.3 is 15.2 Å². The predicted octanol–water partition coefficient (Wildman–Crippen LogP) is 3.86. The number of aromatic nitrogens is 2. The van der Waals surface area contributed by atoms with E-state index in [0.29, 0.717) is 6.54 Å². The minimum Gasteiger partial charge on any atom is -0.337 e. The van der Waals surface area contributed by atoms with Gasteiger partial charge in [-0.2, -0.15) is 0 Å². The molecule has 3 aromatic rings. The molecule has 2 amide bonds. The first kappa shape index (κ1) is 16.3. The Morgan fingerprint density at radius 3 is 2.83 bits per heavy atom. The summed E-state index contributed by atoms with van der Waals surface area (Å²) < 4.78 is 2.00. The number of nitrogens with one attached hydrogen (secondary N) is 2. The van der Waals surface area contributed by atoms with Crippen molar-refractivity contribution in [3.8, 4) is 5.69 Å². The first-order chi connectivity index (χ1) is 11.7. The second-order valence-electron chi connectivity index (χ2n) is 5.36. The van der Waals surface area contributed by atoms with Crippen LogP contribution in [0.1, 0.15) is 17.6 Å². The van der Waals surface area contributed by atoms with Gasteiger partial charge in [0.05, 0.1) is 10.7 Å². The van der Waals surface area contributed by atoms with E-state index in [0.717, 1.165) is 34.9 Å². The molecule has 124 valence electrons. The highest BCUT2D eigenvalue weighted by molar-refractivity contribution is 7.09. The predicted molar refractivity (Wildman–Crippen MR) is 98.0 cm³/mol. The van der Waals surface area contributed by atoms with Crippen molar-refractivity contribution >= 4 is 23.1 Å². The second-order valence-corrected chi connectivity index (χ2v) is 6.30. The Bertz CT molecular complexity index is 795. The van der Waals surface area contributed by atoms with E-state index in [-0.39, 0.29) is 6.03 Å². The number of nitrogens with zero attached hydrogens (tertiary/aromatic N) is 2. The summed E-state index contributed by atoms with van der Waals surface area (Å²) in [5.41, 5.74) is 2.81. The lowest BCUT2D eigenvalue weighted by Crippen LogP contribution is -2.30. The smallest absolute Gasteiger partial charge is 0.319 e. The van der Waals surface area contributed by atoms with E-state index in [1.807, 2.05) is 53.4 Å². The standard InChI is InChI=1S/C18H20N4OS/c1-2-17-20-15(13-24-17)8-9-19-18(23)21-14-6-5-7-16(12-14)22-10-3-4-11-22/h3-7,10-13H,2,8-9H2,1H3,(H2,19,21,23). The fraction of sp³-hybridized carbons (Fsp3) is 0.222. The zero-order valence-corrected chi connectivity index (χ0v) is 14.3. The third-order valence-electron chi connectivity index (χ3n) is 3.58. The van der Waals surface area contributed by atoms with Crippen LogP contribution in [0, 0.1) is 0 Å². The van der Waals surface area contributed by atoms with Crippen molar-refractivity contribution in [3.63, 3.8) is 0 Å². The van der Waals surface area contributed by atoms with E-state index >= 15 is 0 Å². The lowest BCUT2D eigenvalue weighted by Gasteiger charge is -2.09. The molecular formula is C18H20N4OS. The third-order valence-corrected chi connectivity index (χ3v) is 4.62. The lowest BCUT2D eigenvalue weighted by atomic mass is 10.2. The van der Waals surface area contributed by atoms with Gasteiger partial charge in [-0.25, -0.2) is 9.78 Å². The first-order valence-electron chi connectivity index (χ1n) is 7.96. The molecule has 0 aliphatic carbocycles. The maximum atomic E-state index is 12.0. The van der Waals surface area contributed by atoms with Crippen molar-refractivity contribution in [2.24, 2.45) is 0 Å². The zero-order valence-electron chi connectivity index (χ0n) is 13.5. The van der Waals surface area contributed by atoms with E-state index in [1.54, 1.807) is 11.3 Å². The minimum absolute atomic E-state index is 0.203. The number of hydrogen-bond donors (Lipinski definition) is 2. The molecule has 2 N–H and O–H groups in total.